The maximum atomic E-state index is 12.6. The number of aromatic amines is 1. The summed E-state index contributed by atoms with van der Waals surface area (Å²) in [5.74, 6) is -0.963. The number of methoxy groups -OCH3 is 2. The largest absolute Gasteiger partial charge is 0.351 e. The second-order valence-corrected chi connectivity index (χ2v) is 7.50. The number of nitrogens with one attached hydrogen (secondary N) is 2. The number of ether oxygens (including phenoxy) is 2. The van der Waals surface area contributed by atoms with Crippen molar-refractivity contribution in [2.24, 2.45) is 5.92 Å². The van der Waals surface area contributed by atoms with Crippen LogP contribution >= 0.6 is 11.3 Å². The molecule has 3 aromatic rings. The van der Waals surface area contributed by atoms with Gasteiger partial charge in [0, 0.05) is 42.0 Å². The highest BCUT2D eigenvalue weighted by atomic mass is 32.1. The molecule has 1 aliphatic rings. The first kappa shape index (κ1) is 18.6. The molecule has 2 N–H and O–H groups in total. The van der Waals surface area contributed by atoms with Gasteiger partial charge in [0.2, 0.25) is 0 Å². The van der Waals surface area contributed by atoms with E-state index >= 15 is 0 Å². The highest BCUT2D eigenvalue weighted by Crippen LogP contribution is 2.35. The highest BCUT2D eigenvalue weighted by Gasteiger charge is 2.35. The molecule has 0 bridgehead atoms. The Bertz CT molecular complexity index is 1040. The van der Waals surface area contributed by atoms with E-state index in [2.05, 4.69) is 15.3 Å². The van der Waals surface area contributed by atoms with Gasteiger partial charge < -0.3 is 14.5 Å². The number of allylic oxidation sites excluding steroid dienone is 2. The SMILES string of the molecule is COC1(OC)C=C(c2csc(NC(=O)c3cc4ccccc4[nH]3)n2)C=CC1C. The van der Waals surface area contributed by atoms with Gasteiger partial charge >= 0.3 is 0 Å². The molecule has 0 aliphatic heterocycles. The number of amides is 1. The minimum absolute atomic E-state index is 0.0751. The summed E-state index contributed by atoms with van der Waals surface area (Å²) in [6, 6.07) is 9.61. The lowest BCUT2D eigenvalue weighted by atomic mass is 9.91. The first-order chi connectivity index (χ1) is 13.5. The Morgan fingerprint density at radius 2 is 2.07 bits per heavy atom. The molecule has 2 aromatic heterocycles. The molecule has 144 valence electrons. The number of rotatable bonds is 5. The van der Waals surface area contributed by atoms with Crippen LogP contribution in [0.25, 0.3) is 16.5 Å². The van der Waals surface area contributed by atoms with Crippen molar-refractivity contribution >= 4 is 38.9 Å². The number of benzene rings is 1. The van der Waals surface area contributed by atoms with Gasteiger partial charge in [-0.3, -0.25) is 10.1 Å². The molecule has 0 radical (unpaired) electrons. The van der Waals surface area contributed by atoms with E-state index in [1.807, 2.05) is 60.9 Å². The molecule has 7 heteroatoms. The van der Waals surface area contributed by atoms with Gasteiger partial charge in [-0.15, -0.1) is 11.3 Å². The lowest BCUT2D eigenvalue weighted by Gasteiger charge is -2.34. The van der Waals surface area contributed by atoms with Crippen LogP contribution in [0.15, 0.2) is 53.9 Å². The van der Waals surface area contributed by atoms with Gasteiger partial charge in [-0.1, -0.05) is 37.3 Å². The number of H-pyrrole nitrogens is 1. The normalized spacial score (nSPS) is 18.2. The summed E-state index contributed by atoms with van der Waals surface area (Å²) >= 11 is 1.38. The van der Waals surface area contributed by atoms with E-state index in [9.17, 15) is 4.79 Å². The van der Waals surface area contributed by atoms with Crippen molar-refractivity contribution in [3.05, 3.63) is 65.3 Å². The van der Waals surface area contributed by atoms with Gasteiger partial charge in [0.05, 0.1) is 5.69 Å². The molecule has 6 nitrogen and oxygen atoms in total. The van der Waals surface area contributed by atoms with Crippen molar-refractivity contribution in [2.45, 2.75) is 12.7 Å². The smallest absolute Gasteiger partial charge is 0.273 e. The summed E-state index contributed by atoms with van der Waals surface area (Å²) in [6.45, 7) is 2.03. The molecule has 0 spiro atoms. The third-order valence-electron chi connectivity index (χ3n) is 4.99. The molecular weight excluding hydrogens is 374 g/mol. The quantitative estimate of drug-likeness (QED) is 0.626. The fourth-order valence-electron chi connectivity index (χ4n) is 3.33. The van der Waals surface area contributed by atoms with Crippen molar-refractivity contribution in [1.29, 1.82) is 0 Å². The predicted molar refractivity (Wildman–Crippen MR) is 111 cm³/mol. The third kappa shape index (κ3) is 3.28. The number of hydrogen-bond acceptors (Lipinski definition) is 5. The molecule has 0 saturated heterocycles. The van der Waals surface area contributed by atoms with Gasteiger partial charge in [-0.2, -0.15) is 0 Å². The maximum Gasteiger partial charge on any atom is 0.273 e. The number of hydrogen-bond donors (Lipinski definition) is 2. The first-order valence-electron chi connectivity index (χ1n) is 8.91. The molecule has 4 rings (SSSR count). The molecule has 1 unspecified atom stereocenters. The van der Waals surface area contributed by atoms with Crippen molar-refractivity contribution in [2.75, 3.05) is 19.5 Å². The van der Waals surface area contributed by atoms with Crippen molar-refractivity contribution < 1.29 is 14.3 Å². The van der Waals surface area contributed by atoms with Crippen LogP contribution in [0.1, 0.15) is 23.1 Å². The monoisotopic (exact) mass is 395 g/mol. The van der Waals surface area contributed by atoms with E-state index in [0.29, 0.717) is 10.8 Å². The molecule has 28 heavy (non-hydrogen) atoms. The summed E-state index contributed by atoms with van der Waals surface area (Å²) in [6.07, 6.45) is 5.96. The summed E-state index contributed by atoms with van der Waals surface area (Å²) in [5.41, 5.74) is 3.08. The van der Waals surface area contributed by atoms with Crippen LogP contribution in [-0.2, 0) is 9.47 Å². The second kappa shape index (κ2) is 7.35. The summed E-state index contributed by atoms with van der Waals surface area (Å²) in [5, 5.41) is 6.29. The molecule has 1 atom stereocenters. The minimum atomic E-state index is -0.818. The fraction of sp³-hybridized carbons (Fsp3) is 0.238. The number of carbonyl (C=O) groups is 1. The lowest BCUT2D eigenvalue weighted by molar-refractivity contribution is -0.191. The van der Waals surface area contributed by atoms with Gasteiger partial charge in [0.1, 0.15) is 5.69 Å². The minimum Gasteiger partial charge on any atom is -0.351 e. The Kier molecular flexibility index (Phi) is 4.89. The van der Waals surface area contributed by atoms with Crippen molar-refractivity contribution in [3.8, 4) is 0 Å². The lowest BCUT2D eigenvalue weighted by Crippen LogP contribution is -2.39. The summed E-state index contributed by atoms with van der Waals surface area (Å²) in [7, 11) is 3.25. The molecule has 2 heterocycles. The van der Waals surface area contributed by atoms with E-state index in [1.54, 1.807) is 14.2 Å². The average Bonchev–Trinajstić information content (AvgIpc) is 3.35. The number of para-hydroxylation sites is 1. The van der Waals surface area contributed by atoms with Gasteiger partial charge in [-0.25, -0.2) is 4.98 Å². The van der Waals surface area contributed by atoms with Crippen LogP contribution in [0, 0.1) is 5.92 Å². The van der Waals surface area contributed by atoms with E-state index in [1.165, 1.54) is 11.3 Å². The van der Waals surface area contributed by atoms with Crippen LogP contribution in [0.2, 0.25) is 0 Å². The second-order valence-electron chi connectivity index (χ2n) is 6.64. The zero-order valence-electron chi connectivity index (χ0n) is 15.9. The number of nitrogens with zero attached hydrogens (tertiary/aromatic N) is 1. The molecule has 0 saturated carbocycles. The maximum absolute atomic E-state index is 12.6. The van der Waals surface area contributed by atoms with Crippen LogP contribution in [0.3, 0.4) is 0 Å². The van der Waals surface area contributed by atoms with E-state index in [4.69, 9.17) is 9.47 Å². The topological polar surface area (TPSA) is 76.2 Å². The van der Waals surface area contributed by atoms with Crippen molar-refractivity contribution in [3.63, 3.8) is 0 Å². The first-order valence-corrected chi connectivity index (χ1v) is 9.79. The summed E-state index contributed by atoms with van der Waals surface area (Å²) in [4.78, 5) is 20.2. The molecule has 1 amide bonds. The van der Waals surface area contributed by atoms with E-state index < -0.39 is 5.79 Å². The Labute approximate surface area is 166 Å². The Morgan fingerprint density at radius 1 is 1.29 bits per heavy atom. The molecule has 1 aromatic carbocycles. The summed E-state index contributed by atoms with van der Waals surface area (Å²) < 4.78 is 11.2. The Hall–Kier alpha value is -2.74. The number of thiazole rings is 1. The molecule has 1 aliphatic carbocycles. The number of anilines is 1. The van der Waals surface area contributed by atoms with Crippen LogP contribution in [0.4, 0.5) is 5.13 Å². The third-order valence-corrected chi connectivity index (χ3v) is 5.75. The highest BCUT2D eigenvalue weighted by molar-refractivity contribution is 7.14. The number of carbonyl (C=O) groups excluding carboxylic acids is 1. The molecule has 0 fully saturated rings. The fourth-order valence-corrected chi connectivity index (χ4v) is 4.05. The van der Waals surface area contributed by atoms with Crippen LogP contribution < -0.4 is 5.32 Å². The van der Waals surface area contributed by atoms with Crippen LogP contribution in [0.5, 0.6) is 0 Å². The zero-order chi connectivity index (χ0) is 19.7. The predicted octanol–water partition coefficient (Wildman–Crippen LogP) is 4.46. The molecular formula is C21H21N3O3S. The van der Waals surface area contributed by atoms with Crippen molar-refractivity contribution in [1.82, 2.24) is 9.97 Å². The standard InChI is InChI=1S/C21H21N3O3S/c1-13-8-9-15(11-21(13,26-2)27-3)18-12-28-20(23-18)24-19(25)17-10-14-6-4-5-7-16(14)22-17/h4-13,22H,1-3H3,(H,23,24,25). The number of aromatic nitrogens is 2. The van der Waals surface area contributed by atoms with E-state index in [0.717, 1.165) is 22.2 Å². The van der Waals surface area contributed by atoms with Crippen LogP contribution in [-0.4, -0.2) is 35.9 Å². The van der Waals surface area contributed by atoms with Gasteiger partial charge in [0.15, 0.2) is 10.9 Å². The zero-order valence-corrected chi connectivity index (χ0v) is 16.7. The average molecular weight is 395 g/mol. The van der Waals surface area contributed by atoms with E-state index in [-0.39, 0.29) is 11.8 Å². The number of fused-ring (bicyclic) bond motifs is 1. The van der Waals surface area contributed by atoms with Gasteiger partial charge in [0.25, 0.3) is 5.91 Å². The Balaban J connectivity index is 1.54. The van der Waals surface area contributed by atoms with Gasteiger partial charge in [-0.05, 0) is 18.2 Å². The Morgan fingerprint density at radius 3 is 2.82 bits per heavy atom.